The van der Waals surface area contributed by atoms with Gasteiger partial charge in [-0.1, -0.05) is 18.1 Å². The number of aryl methyl sites for hydroxylation is 1. The van der Waals surface area contributed by atoms with Crippen LogP contribution in [0.1, 0.15) is 86.5 Å². The molecule has 1 N–H and O–H groups in total. The van der Waals surface area contributed by atoms with Gasteiger partial charge in [-0.3, -0.25) is 19.1 Å². The number of aromatic nitrogens is 4. The number of aromatic amines is 1. The Hall–Kier alpha value is -5.84. The Morgan fingerprint density at radius 3 is 2.46 bits per heavy atom. The molecule has 3 atom stereocenters. The molecule has 2 aromatic carbocycles. The van der Waals surface area contributed by atoms with E-state index in [4.69, 9.17) is 4.98 Å². The fraction of sp³-hybridized carbons (Fsp3) is 0.275. The number of fused-ring (bicyclic) bond motifs is 4. The number of rotatable bonds is 8. The first-order valence-corrected chi connectivity index (χ1v) is 17.1. The maximum absolute atomic E-state index is 15.3. The lowest BCUT2D eigenvalue weighted by atomic mass is 9.86. The number of hydrogen-bond donors (Lipinski definition) is 1. The van der Waals surface area contributed by atoms with Crippen LogP contribution in [0.4, 0.5) is 30.7 Å². The van der Waals surface area contributed by atoms with Crippen LogP contribution in [0, 0.1) is 29.4 Å². The van der Waals surface area contributed by atoms with Crippen molar-refractivity contribution in [1.29, 1.82) is 0 Å². The number of alkyl halides is 5. The molecule has 0 amide bonds. The number of Topliss-reactive ketones (excluding diaryl/α,β-unsaturated/α-hetero) is 2. The molecule has 0 saturated heterocycles. The minimum atomic E-state index is -5.03. The molecule has 0 bridgehead atoms. The average molecular weight is 745 g/mol. The lowest BCUT2D eigenvalue weighted by Gasteiger charge is -2.21. The van der Waals surface area contributed by atoms with Crippen molar-refractivity contribution in [3.63, 3.8) is 0 Å². The van der Waals surface area contributed by atoms with E-state index in [1.54, 1.807) is 30.3 Å². The van der Waals surface area contributed by atoms with Crippen molar-refractivity contribution in [3.8, 4) is 23.0 Å². The minimum Gasteiger partial charge on any atom is -0.328 e. The lowest BCUT2D eigenvalue weighted by molar-refractivity contribution is -0.142. The number of halogens is 7. The van der Waals surface area contributed by atoms with Gasteiger partial charge in [-0.2, -0.15) is 27.1 Å². The van der Waals surface area contributed by atoms with Gasteiger partial charge in [0, 0.05) is 65.3 Å². The van der Waals surface area contributed by atoms with Gasteiger partial charge in [-0.15, -0.1) is 0 Å². The quantitative estimate of drug-likeness (QED) is 0.130. The van der Waals surface area contributed by atoms with Crippen LogP contribution in [0.2, 0.25) is 0 Å². The van der Waals surface area contributed by atoms with Crippen LogP contribution in [-0.4, -0.2) is 31.3 Å². The summed E-state index contributed by atoms with van der Waals surface area (Å²) in [7, 11) is 0. The molecular formula is C40H27F7N4O3. The second-order valence-corrected chi connectivity index (χ2v) is 13.9. The Balaban J connectivity index is 1.22. The van der Waals surface area contributed by atoms with E-state index in [-0.39, 0.29) is 41.1 Å². The van der Waals surface area contributed by atoms with Gasteiger partial charge in [0.2, 0.25) is 5.56 Å². The molecule has 5 aromatic rings. The smallest absolute Gasteiger partial charge is 0.328 e. The zero-order valence-electron chi connectivity index (χ0n) is 28.0. The summed E-state index contributed by atoms with van der Waals surface area (Å²) in [6.07, 6.45) is -3.55. The number of nitrogens with zero attached hydrogens (tertiary/aromatic N) is 3. The molecule has 0 radical (unpaired) electrons. The summed E-state index contributed by atoms with van der Waals surface area (Å²) in [5.41, 5.74) is 0.0172. The van der Waals surface area contributed by atoms with Gasteiger partial charge >= 0.3 is 6.18 Å². The summed E-state index contributed by atoms with van der Waals surface area (Å²) >= 11 is 0. The fourth-order valence-corrected chi connectivity index (χ4v) is 7.71. The molecule has 0 spiro atoms. The summed E-state index contributed by atoms with van der Waals surface area (Å²) in [5, 5.41) is 3.48. The normalized spacial score (nSPS) is 18.4. The van der Waals surface area contributed by atoms with Gasteiger partial charge in [-0.05, 0) is 84.2 Å². The molecule has 0 aliphatic heterocycles. The summed E-state index contributed by atoms with van der Waals surface area (Å²) in [5.74, 6) is -3.80. The molecule has 0 unspecified atom stereocenters. The number of carbonyl (C=O) groups excluding carboxylic acids is 2. The van der Waals surface area contributed by atoms with Crippen LogP contribution < -0.4 is 5.56 Å². The number of H-pyrrole nitrogens is 1. The number of benzene rings is 2. The third-order valence-corrected chi connectivity index (χ3v) is 10.2. The van der Waals surface area contributed by atoms with E-state index in [0.717, 1.165) is 17.7 Å². The number of ketones is 2. The zero-order valence-corrected chi connectivity index (χ0v) is 28.0. The first kappa shape index (κ1) is 35.2. The molecule has 14 heteroatoms. The van der Waals surface area contributed by atoms with Crippen LogP contribution >= 0.6 is 0 Å². The number of pyridine rings is 2. The Labute approximate surface area is 302 Å². The highest BCUT2D eigenvalue weighted by atomic mass is 19.4. The second kappa shape index (κ2) is 12.9. The van der Waals surface area contributed by atoms with Crippen molar-refractivity contribution >= 4 is 11.6 Å². The summed E-state index contributed by atoms with van der Waals surface area (Å²) in [6, 6.07) is 14.1. The van der Waals surface area contributed by atoms with Crippen LogP contribution in [0.3, 0.4) is 0 Å². The van der Waals surface area contributed by atoms with Gasteiger partial charge in [0.1, 0.15) is 29.6 Å². The van der Waals surface area contributed by atoms with Crippen molar-refractivity contribution < 1.29 is 40.3 Å². The third kappa shape index (κ3) is 6.52. The molecule has 274 valence electrons. The zero-order chi connectivity index (χ0) is 38.1. The Kier molecular flexibility index (Phi) is 8.43. The van der Waals surface area contributed by atoms with E-state index in [0.29, 0.717) is 45.8 Å². The first-order chi connectivity index (χ1) is 25.7. The van der Waals surface area contributed by atoms with Gasteiger partial charge in [-0.25, -0.2) is 13.8 Å². The maximum atomic E-state index is 15.3. The summed E-state index contributed by atoms with van der Waals surface area (Å²) in [6.45, 7) is -0.921. The monoisotopic (exact) mass is 744 g/mol. The molecule has 1 fully saturated rings. The van der Waals surface area contributed by atoms with Crippen molar-refractivity contribution in [3.05, 3.63) is 139 Å². The molecule has 3 heterocycles. The average Bonchev–Trinajstić information content (AvgIpc) is 3.62. The van der Waals surface area contributed by atoms with E-state index >= 15 is 8.78 Å². The van der Waals surface area contributed by atoms with Crippen LogP contribution in [0.5, 0.6) is 0 Å². The van der Waals surface area contributed by atoms with Crippen LogP contribution in [0.15, 0.2) is 71.7 Å². The highest BCUT2D eigenvalue weighted by Gasteiger charge is 2.68. The van der Waals surface area contributed by atoms with E-state index in [1.807, 2.05) is 0 Å². The largest absolute Gasteiger partial charge is 0.435 e. The molecule has 3 aliphatic carbocycles. The summed E-state index contributed by atoms with van der Waals surface area (Å²) in [4.78, 5) is 45.4. The van der Waals surface area contributed by atoms with Crippen molar-refractivity contribution in [2.75, 3.05) is 0 Å². The molecular weight excluding hydrogens is 717 g/mol. The molecule has 7 nitrogen and oxygen atoms in total. The molecule has 8 rings (SSSR count). The van der Waals surface area contributed by atoms with E-state index in [2.05, 4.69) is 21.9 Å². The standard InChI is InChI=1S/C40H27F7N4O3/c41-25-12-21(13-26(42)16-25)11-24(14-28(52)19-51-38-35(37(50-51)40(45,46)47)31-17-32(31)39(38,43)44)36-29(23-4-3-22-5-9-33(53)30(22)15-23)8-7-27(49-36)6-1-20-2-10-34(54)48-18-20/h2-4,7-8,10,12-13,15-16,18,24,31-32H,5,9,11,14,17,19H2,(H,48,54)/t24-,31+,32-/m1/s1. The summed E-state index contributed by atoms with van der Waals surface area (Å²) < 4.78 is 102. The van der Waals surface area contributed by atoms with Gasteiger partial charge in [0.15, 0.2) is 17.3 Å². The number of nitrogens with one attached hydrogen (secondary N) is 1. The van der Waals surface area contributed by atoms with Crippen molar-refractivity contribution in [1.82, 2.24) is 19.7 Å². The van der Waals surface area contributed by atoms with Crippen molar-refractivity contribution in [2.45, 2.75) is 62.6 Å². The Bertz CT molecular complexity index is 2470. The van der Waals surface area contributed by atoms with E-state index in [1.165, 1.54) is 18.3 Å². The third-order valence-electron chi connectivity index (χ3n) is 10.2. The predicted molar refractivity (Wildman–Crippen MR) is 180 cm³/mol. The van der Waals surface area contributed by atoms with Crippen LogP contribution in [-0.2, 0) is 36.3 Å². The molecule has 54 heavy (non-hydrogen) atoms. The molecule has 1 saturated carbocycles. The fourth-order valence-electron chi connectivity index (χ4n) is 7.71. The van der Waals surface area contributed by atoms with Crippen molar-refractivity contribution in [2.24, 2.45) is 5.92 Å². The Morgan fingerprint density at radius 2 is 1.74 bits per heavy atom. The molecule has 3 aromatic heterocycles. The van der Waals surface area contributed by atoms with E-state index in [9.17, 15) is 36.3 Å². The van der Waals surface area contributed by atoms with Crippen LogP contribution in [0.25, 0.3) is 11.1 Å². The van der Waals surface area contributed by atoms with Gasteiger partial charge < -0.3 is 4.98 Å². The number of carbonyl (C=O) groups is 2. The van der Waals surface area contributed by atoms with E-state index < -0.39 is 77.2 Å². The predicted octanol–water partition coefficient (Wildman–Crippen LogP) is 7.65. The minimum absolute atomic E-state index is 0.0638. The Morgan fingerprint density at radius 1 is 0.963 bits per heavy atom. The second-order valence-electron chi connectivity index (χ2n) is 13.9. The highest BCUT2D eigenvalue weighted by Crippen LogP contribution is 2.68. The topological polar surface area (TPSA) is 97.7 Å². The highest BCUT2D eigenvalue weighted by molar-refractivity contribution is 6.01. The van der Waals surface area contributed by atoms with Gasteiger partial charge in [0.05, 0.1) is 5.69 Å². The number of hydrogen-bond acceptors (Lipinski definition) is 5. The van der Waals surface area contributed by atoms with Gasteiger partial charge in [0.25, 0.3) is 5.92 Å². The first-order valence-electron chi connectivity index (χ1n) is 17.1. The SMILES string of the molecule is O=C(C[C@@H](Cc1cc(F)cc(F)c1)c1nc(C#Cc2ccc(=O)[nH]c2)ccc1-c1ccc2c(c1)C(=O)CC2)Cn1nc(C(F)(F)F)c2c1C(F)(F)[C@@H]1C[C@H]21. The molecule has 3 aliphatic rings. The lowest BCUT2D eigenvalue weighted by Crippen LogP contribution is -2.24. The maximum Gasteiger partial charge on any atom is 0.435 e.